The third-order valence-electron chi connectivity index (χ3n) is 5.98. The number of rotatable bonds is 12. The molecular formula is C32H39ClN6O6. The number of esters is 2. The van der Waals surface area contributed by atoms with Gasteiger partial charge >= 0.3 is 11.9 Å². The second-order valence-corrected chi connectivity index (χ2v) is 9.48. The van der Waals surface area contributed by atoms with E-state index in [2.05, 4.69) is 52.9 Å². The molecule has 2 aromatic carbocycles. The molecule has 45 heavy (non-hydrogen) atoms. The first kappa shape index (κ1) is 36.4. The van der Waals surface area contributed by atoms with Gasteiger partial charge in [0.25, 0.3) is 0 Å². The Kier molecular flexibility index (Phi) is 17.0. The van der Waals surface area contributed by atoms with E-state index in [9.17, 15) is 9.59 Å². The van der Waals surface area contributed by atoms with Crippen molar-refractivity contribution in [3.63, 3.8) is 0 Å². The molecule has 4 aromatic rings. The van der Waals surface area contributed by atoms with Crippen LogP contribution in [0.2, 0.25) is 5.28 Å². The van der Waals surface area contributed by atoms with E-state index in [1.54, 1.807) is 14.2 Å². The van der Waals surface area contributed by atoms with Gasteiger partial charge in [0.2, 0.25) is 11.2 Å². The number of nitrogens with one attached hydrogen (secondary N) is 1. The molecule has 0 spiro atoms. The molecule has 0 fully saturated rings. The number of halogens is 1. The van der Waals surface area contributed by atoms with Crippen LogP contribution in [-0.2, 0) is 22.3 Å². The Morgan fingerprint density at radius 1 is 0.733 bits per heavy atom. The Morgan fingerprint density at radius 3 is 1.64 bits per heavy atom. The van der Waals surface area contributed by atoms with Gasteiger partial charge in [-0.2, -0.15) is 0 Å². The second-order valence-electron chi connectivity index (χ2n) is 9.14. The lowest BCUT2D eigenvalue weighted by Gasteiger charge is -2.06. The maximum Gasteiger partial charge on any atom is 0.341 e. The second kappa shape index (κ2) is 21.0. The zero-order valence-electron chi connectivity index (χ0n) is 25.9. The molecule has 3 N–H and O–H groups in total. The lowest BCUT2D eigenvalue weighted by atomic mass is 10.1. The Labute approximate surface area is 268 Å². The third kappa shape index (κ3) is 14.0. The van der Waals surface area contributed by atoms with Crippen molar-refractivity contribution < 1.29 is 28.5 Å². The highest BCUT2D eigenvalue weighted by molar-refractivity contribution is 6.28. The lowest BCUT2D eigenvalue weighted by molar-refractivity contribution is 0.0591. The van der Waals surface area contributed by atoms with Crippen molar-refractivity contribution in [2.75, 3.05) is 46.8 Å². The highest BCUT2D eigenvalue weighted by Gasteiger charge is 2.06. The number of nitrogens with two attached hydrogens (primary N) is 1. The van der Waals surface area contributed by atoms with Crippen molar-refractivity contribution in [1.29, 1.82) is 0 Å². The van der Waals surface area contributed by atoms with Gasteiger partial charge in [-0.3, -0.25) is 0 Å². The highest BCUT2D eigenvalue weighted by Crippen LogP contribution is 2.14. The number of carbonyl (C=O) groups is 2. The molecule has 0 saturated heterocycles. The summed E-state index contributed by atoms with van der Waals surface area (Å²) in [5.41, 5.74) is 8.56. The molecular weight excluding hydrogens is 600 g/mol. The number of carbonyl (C=O) groups excluding carboxylic acids is 2. The predicted molar refractivity (Wildman–Crippen MR) is 172 cm³/mol. The summed E-state index contributed by atoms with van der Waals surface area (Å²) in [6, 6.07) is 16.1. The van der Waals surface area contributed by atoms with Gasteiger partial charge in [0.1, 0.15) is 11.5 Å². The SMILES string of the molecule is COC(=O)c1cnc(Cl)nc1.COC(=O)c1cnc(NCCCc2cccc(OC)c2)nc1.COc1cccc(CCCN)c1. The molecule has 2 heterocycles. The maximum atomic E-state index is 11.3. The summed E-state index contributed by atoms with van der Waals surface area (Å²) in [4.78, 5) is 37.4. The number of nitrogens with zero attached hydrogens (tertiary/aromatic N) is 4. The van der Waals surface area contributed by atoms with Crippen LogP contribution in [-0.4, -0.2) is 73.4 Å². The predicted octanol–water partition coefficient (Wildman–Crippen LogP) is 4.82. The zero-order chi connectivity index (χ0) is 32.9. The quantitative estimate of drug-likeness (QED) is 0.124. The van der Waals surface area contributed by atoms with E-state index < -0.39 is 11.9 Å². The Hall–Kier alpha value is -4.81. The first-order valence-corrected chi connectivity index (χ1v) is 14.4. The third-order valence-corrected chi connectivity index (χ3v) is 6.17. The van der Waals surface area contributed by atoms with E-state index in [1.165, 1.54) is 50.1 Å². The zero-order valence-corrected chi connectivity index (χ0v) is 26.6. The fourth-order valence-corrected chi connectivity index (χ4v) is 3.73. The number of hydrogen-bond donors (Lipinski definition) is 2. The van der Waals surface area contributed by atoms with Gasteiger partial charge in [-0.25, -0.2) is 29.5 Å². The van der Waals surface area contributed by atoms with E-state index in [0.717, 1.165) is 50.3 Å². The summed E-state index contributed by atoms with van der Waals surface area (Å²) in [6.07, 6.45) is 9.45. The highest BCUT2D eigenvalue weighted by atomic mass is 35.5. The largest absolute Gasteiger partial charge is 0.497 e. The van der Waals surface area contributed by atoms with Gasteiger partial charge in [0, 0.05) is 31.3 Å². The molecule has 0 unspecified atom stereocenters. The van der Waals surface area contributed by atoms with Crippen LogP contribution in [0.25, 0.3) is 0 Å². The molecule has 0 amide bonds. The molecule has 13 heteroatoms. The van der Waals surface area contributed by atoms with Gasteiger partial charge < -0.3 is 30.0 Å². The number of methoxy groups -OCH3 is 4. The molecule has 12 nitrogen and oxygen atoms in total. The first-order valence-electron chi connectivity index (χ1n) is 14.0. The number of hydrogen-bond acceptors (Lipinski definition) is 12. The van der Waals surface area contributed by atoms with Gasteiger partial charge in [0.05, 0.1) is 39.6 Å². The van der Waals surface area contributed by atoms with Crippen LogP contribution in [0.15, 0.2) is 73.3 Å². The standard InChI is InChI=1S/C16H19N3O3.C10H15NO.C6H5ClN2O2/c1-21-14-7-3-5-12(9-14)6-4-8-17-16-18-10-13(11-19-16)15(20)22-2;1-12-10-6-2-4-9(8-10)5-3-7-11;1-11-5(10)4-2-8-6(7)9-3-4/h3,5,7,9-11H,4,6,8H2,1-2H3,(H,17,18,19);2,4,6,8H,3,5,7,11H2,1H3;2-3H,1H3. The summed E-state index contributed by atoms with van der Waals surface area (Å²) in [5.74, 6) is 1.38. The van der Waals surface area contributed by atoms with Crippen molar-refractivity contribution in [1.82, 2.24) is 19.9 Å². The number of ether oxygens (including phenoxy) is 4. The van der Waals surface area contributed by atoms with E-state index in [-0.39, 0.29) is 10.8 Å². The lowest BCUT2D eigenvalue weighted by Crippen LogP contribution is -2.08. The maximum absolute atomic E-state index is 11.3. The van der Waals surface area contributed by atoms with Crippen LogP contribution >= 0.6 is 11.6 Å². The molecule has 2 aromatic heterocycles. The summed E-state index contributed by atoms with van der Waals surface area (Å²) >= 11 is 5.39. The normalized spacial score (nSPS) is 9.82. The molecule has 0 radical (unpaired) electrons. The minimum Gasteiger partial charge on any atom is -0.497 e. The minimum absolute atomic E-state index is 0.109. The van der Waals surface area contributed by atoms with Crippen LogP contribution in [0.4, 0.5) is 5.95 Å². The molecule has 0 aliphatic carbocycles. The van der Waals surface area contributed by atoms with E-state index in [1.807, 2.05) is 30.3 Å². The molecule has 0 atom stereocenters. The number of aromatic nitrogens is 4. The van der Waals surface area contributed by atoms with Crippen molar-refractivity contribution in [2.24, 2.45) is 5.73 Å². The van der Waals surface area contributed by atoms with Crippen molar-refractivity contribution in [2.45, 2.75) is 25.7 Å². The summed E-state index contributed by atoms with van der Waals surface area (Å²) in [7, 11) is 5.96. The van der Waals surface area contributed by atoms with Crippen molar-refractivity contribution in [3.8, 4) is 11.5 Å². The van der Waals surface area contributed by atoms with Crippen LogP contribution < -0.4 is 20.5 Å². The Morgan fingerprint density at radius 2 is 1.20 bits per heavy atom. The van der Waals surface area contributed by atoms with Gasteiger partial charge in [0.15, 0.2) is 0 Å². The molecule has 0 aliphatic rings. The van der Waals surface area contributed by atoms with Crippen LogP contribution in [0.5, 0.6) is 11.5 Å². The van der Waals surface area contributed by atoms with Gasteiger partial charge in [-0.1, -0.05) is 24.3 Å². The van der Waals surface area contributed by atoms with Crippen LogP contribution in [0.3, 0.4) is 0 Å². The van der Waals surface area contributed by atoms with Crippen LogP contribution in [0.1, 0.15) is 44.7 Å². The first-order chi connectivity index (χ1) is 21.8. The summed E-state index contributed by atoms with van der Waals surface area (Å²) in [5, 5.41) is 3.23. The molecule has 0 bridgehead atoms. The molecule has 240 valence electrons. The monoisotopic (exact) mass is 638 g/mol. The number of aryl methyl sites for hydroxylation is 2. The fourth-order valence-electron chi connectivity index (χ4n) is 3.63. The summed E-state index contributed by atoms with van der Waals surface area (Å²) < 4.78 is 19.3. The van der Waals surface area contributed by atoms with E-state index >= 15 is 0 Å². The van der Waals surface area contributed by atoms with Crippen molar-refractivity contribution >= 4 is 29.5 Å². The van der Waals surface area contributed by atoms with E-state index in [4.69, 9.17) is 26.8 Å². The average Bonchev–Trinajstić information content (AvgIpc) is 3.09. The molecule has 0 aliphatic heterocycles. The number of anilines is 1. The fraction of sp³-hybridized carbons (Fsp3) is 0.312. The molecule has 4 rings (SSSR count). The number of benzene rings is 2. The van der Waals surface area contributed by atoms with Gasteiger partial charge in [-0.15, -0.1) is 0 Å². The smallest absolute Gasteiger partial charge is 0.341 e. The Bertz CT molecular complexity index is 1440. The van der Waals surface area contributed by atoms with Crippen molar-refractivity contribution in [3.05, 3.63) is 101 Å². The minimum atomic E-state index is -0.471. The average molecular weight is 639 g/mol. The van der Waals surface area contributed by atoms with Gasteiger partial charge in [-0.05, 0) is 79.2 Å². The Balaban J connectivity index is 0.000000259. The topological polar surface area (TPSA) is 161 Å². The molecule has 0 saturated carbocycles. The van der Waals surface area contributed by atoms with Crippen LogP contribution in [0, 0.1) is 0 Å². The van der Waals surface area contributed by atoms with E-state index in [0.29, 0.717) is 11.5 Å². The summed E-state index contributed by atoms with van der Waals surface area (Å²) in [6.45, 7) is 1.49.